The molecule has 1 amide bonds. The second-order valence-corrected chi connectivity index (χ2v) is 7.18. The molecule has 1 aromatic heterocycles. The van der Waals surface area contributed by atoms with Gasteiger partial charge in [-0.1, -0.05) is 42.1 Å². The molecule has 21 heavy (non-hydrogen) atoms. The zero-order valence-electron chi connectivity index (χ0n) is 11.2. The molecule has 0 bridgehead atoms. The molecule has 1 fully saturated rings. The van der Waals surface area contributed by atoms with Crippen LogP contribution in [0.1, 0.15) is 35.4 Å². The van der Waals surface area contributed by atoms with Crippen molar-refractivity contribution in [3.63, 3.8) is 0 Å². The molecular weight excluding hydrogens is 329 g/mol. The number of aliphatic hydroxyl groups excluding tert-OH is 1. The number of halogens is 2. The van der Waals surface area contributed by atoms with Gasteiger partial charge in [0.2, 0.25) is 0 Å². The maximum absolute atomic E-state index is 12.4. The van der Waals surface area contributed by atoms with Gasteiger partial charge in [-0.25, -0.2) is 0 Å². The van der Waals surface area contributed by atoms with Crippen molar-refractivity contribution in [2.75, 3.05) is 0 Å². The fourth-order valence-corrected chi connectivity index (χ4v) is 4.39. The van der Waals surface area contributed by atoms with E-state index in [0.29, 0.717) is 14.9 Å². The number of nitrogens with one attached hydrogen (secondary N) is 1. The van der Waals surface area contributed by atoms with Crippen LogP contribution in [0.2, 0.25) is 10.0 Å². The number of thiophene rings is 1. The Hall–Kier alpha value is -0.810. The van der Waals surface area contributed by atoms with Gasteiger partial charge in [-0.2, -0.15) is 0 Å². The SMILES string of the molecule is O=C(NC1CCCCC1O)c1sc2cc(Cl)ccc2c1Cl. The first-order valence-corrected chi connectivity index (χ1v) is 8.50. The number of hydrogen-bond donors (Lipinski definition) is 2. The smallest absolute Gasteiger partial charge is 0.263 e. The van der Waals surface area contributed by atoms with Gasteiger partial charge in [0.25, 0.3) is 5.91 Å². The van der Waals surface area contributed by atoms with E-state index in [2.05, 4.69) is 5.32 Å². The molecule has 0 aliphatic heterocycles. The zero-order chi connectivity index (χ0) is 15.0. The van der Waals surface area contributed by atoms with Gasteiger partial charge in [0.1, 0.15) is 4.88 Å². The summed E-state index contributed by atoms with van der Waals surface area (Å²) >= 11 is 13.6. The van der Waals surface area contributed by atoms with Crippen molar-refractivity contribution < 1.29 is 9.90 Å². The normalized spacial score (nSPS) is 22.4. The first-order valence-electron chi connectivity index (χ1n) is 6.93. The average molecular weight is 344 g/mol. The fourth-order valence-electron chi connectivity index (χ4n) is 2.70. The number of carbonyl (C=O) groups is 1. The van der Waals surface area contributed by atoms with Crippen LogP contribution in [0.25, 0.3) is 10.1 Å². The Balaban J connectivity index is 1.85. The van der Waals surface area contributed by atoms with E-state index in [1.54, 1.807) is 12.1 Å². The molecule has 1 saturated carbocycles. The summed E-state index contributed by atoms with van der Waals surface area (Å²) < 4.78 is 0.891. The van der Waals surface area contributed by atoms with E-state index in [4.69, 9.17) is 23.2 Å². The number of fused-ring (bicyclic) bond motifs is 1. The van der Waals surface area contributed by atoms with Crippen LogP contribution in [-0.4, -0.2) is 23.2 Å². The first-order chi connectivity index (χ1) is 10.1. The molecule has 112 valence electrons. The Morgan fingerprint density at radius 3 is 2.81 bits per heavy atom. The summed E-state index contributed by atoms with van der Waals surface area (Å²) in [4.78, 5) is 12.9. The molecule has 2 unspecified atom stereocenters. The lowest BCUT2D eigenvalue weighted by atomic mass is 9.92. The second-order valence-electron chi connectivity index (χ2n) is 5.32. The minimum Gasteiger partial charge on any atom is -0.391 e. The van der Waals surface area contributed by atoms with Crippen molar-refractivity contribution in [2.45, 2.75) is 37.8 Å². The third-order valence-electron chi connectivity index (χ3n) is 3.84. The Labute approximate surface area is 136 Å². The standard InChI is InChI=1S/C15H15Cl2NO2S/c16-8-5-6-9-12(7-8)21-14(13(9)17)15(20)18-10-3-1-2-4-11(10)19/h5-7,10-11,19H,1-4H2,(H,18,20). The fraction of sp³-hybridized carbons (Fsp3) is 0.400. The summed E-state index contributed by atoms with van der Waals surface area (Å²) in [6, 6.07) is 5.20. The number of carbonyl (C=O) groups excluding carboxylic acids is 1. The van der Waals surface area contributed by atoms with E-state index in [0.717, 1.165) is 35.8 Å². The van der Waals surface area contributed by atoms with Crippen molar-refractivity contribution in [2.24, 2.45) is 0 Å². The van der Waals surface area contributed by atoms with E-state index in [-0.39, 0.29) is 11.9 Å². The first kappa shape index (κ1) is 15.1. The van der Waals surface area contributed by atoms with Gasteiger partial charge in [0.15, 0.2) is 0 Å². The van der Waals surface area contributed by atoms with Crippen LogP contribution in [0.3, 0.4) is 0 Å². The summed E-state index contributed by atoms with van der Waals surface area (Å²) in [6.45, 7) is 0. The molecule has 2 atom stereocenters. The van der Waals surface area contributed by atoms with Gasteiger partial charge < -0.3 is 10.4 Å². The van der Waals surface area contributed by atoms with Crippen LogP contribution >= 0.6 is 34.5 Å². The number of hydrogen-bond acceptors (Lipinski definition) is 3. The van der Waals surface area contributed by atoms with Crippen LogP contribution in [-0.2, 0) is 0 Å². The summed E-state index contributed by atoms with van der Waals surface area (Å²) in [7, 11) is 0. The van der Waals surface area contributed by atoms with Crippen LogP contribution in [0.15, 0.2) is 18.2 Å². The Morgan fingerprint density at radius 1 is 1.29 bits per heavy atom. The van der Waals surface area contributed by atoms with Gasteiger partial charge in [-0.05, 0) is 25.0 Å². The molecule has 1 aliphatic rings. The maximum atomic E-state index is 12.4. The highest BCUT2D eigenvalue weighted by molar-refractivity contribution is 7.21. The van der Waals surface area contributed by atoms with Crippen molar-refractivity contribution in [1.82, 2.24) is 5.32 Å². The van der Waals surface area contributed by atoms with Crippen LogP contribution in [0.4, 0.5) is 0 Å². The molecule has 1 aliphatic carbocycles. The number of aliphatic hydroxyl groups is 1. The quantitative estimate of drug-likeness (QED) is 0.856. The van der Waals surface area contributed by atoms with E-state index >= 15 is 0 Å². The van der Waals surface area contributed by atoms with Crippen LogP contribution < -0.4 is 5.32 Å². The Morgan fingerprint density at radius 2 is 2.05 bits per heavy atom. The van der Waals surface area contributed by atoms with E-state index < -0.39 is 6.10 Å². The van der Waals surface area contributed by atoms with Gasteiger partial charge in [0, 0.05) is 15.1 Å². The highest BCUT2D eigenvalue weighted by Crippen LogP contribution is 2.36. The van der Waals surface area contributed by atoms with Crippen LogP contribution in [0.5, 0.6) is 0 Å². The molecule has 2 N–H and O–H groups in total. The van der Waals surface area contributed by atoms with Gasteiger partial charge in [-0.15, -0.1) is 11.3 Å². The van der Waals surface area contributed by atoms with Gasteiger partial charge >= 0.3 is 0 Å². The van der Waals surface area contributed by atoms with Crippen molar-refractivity contribution in [1.29, 1.82) is 0 Å². The average Bonchev–Trinajstić information content (AvgIpc) is 2.78. The summed E-state index contributed by atoms with van der Waals surface area (Å²) in [5.74, 6) is -0.219. The lowest BCUT2D eigenvalue weighted by Crippen LogP contribution is -2.44. The molecule has 3 rings (SSSR count). The molecule has 0 radical (unpaired) electrons. The molecular formula is C15H15Cl2NO2S. The van der Waals surface area contributed by atoms with Crippen molar-refractivity contribution in [3.05, 3.63) is 33.1 Å². The zero-order valence-corrected chi connectivity index (χ0v) is 13.6. The van der Waals surface area contributed by atoms with E-state index in [1.807, 2.05) is 6.07 Å². The Bertz CT molecular complexity index is 686. The molecule has 6 heteroatoms. The molecule has 0 spiro atoms. The maximum Gasteiger partial charge on any atom is 0.263 e. The molecule has 0 saturated heterocycles. The molecule has 2 aromatic rings. The molecule has 3 nitrogen and oxygen atoms in total. The highest BCUT2D eigenvalue weighted by Gasteiger charge is 2.26. The third-order valence-corrected chi connectivity index (χ3v) is 5.73. The van der Waals surface area contributed by atoms with E-state index in [9.17, 15) is 9.90 Å². The predicted molar refractivity (Wildman–Crippen MR) is 87.6 cm³/mol. The second kappa shape index (κ2) is 6.13. The Kier molecular flexibility index (Phi) is 4.41. The number of amides is 1. The van der Waals surface area contributed by atoms with Gasteiger partial charge in [0.05, 0.1) is 17.2 Å². The lowest BCUT2D eigenvalue weighted by molar-refractivity contribution is 0.0720. The summed E-state index contributed by atoms with van der Waals surface area (Å²) in [5.41, 5.74) is 0. The third kappa shape index (κ3) is 3.04. The summed E-state index contributed by atoms with van der Waals surface area (Å²) in [5, 5.41) is 14.8. The van der Waals surface area contributed by atoms with Gasteiger partial charge in [-0.3, -0.25) is 4.79 Å². The highest BCUT2D eigenvalue weighted by atomic mass is 35.5. The van der Waals surface area contributed by atoms with Crippen LogP contribution in [0, 0.1) is 0 Å². The monoisotopic (exact) mass is 343 g/mol. The molecule has 1 heterocycles. The van der Waals surface area contributed by atoms with Crippen molar-refractivity contribution in [3.8, 4) is 0 Å². The van der Waals surface area contributed by atoms with Crippen molar-refractivity contribution >= 4 is 50.5 Å². The number of benzene rings is 1. The number of rotatable bonds is 2. The van der Waals surface area contributed by atoms with E-state index in [1.165, 1.54) is 11.3 Å². The molecule has 1 aromatic carbocycles. The predicted octanol–water partition coefficient (Wildman–Crippen LogP) is 4.24. The summed E-state index contributed by atoms with van der Waals surface area (Å²) in [6.07, 6.45) is 3.11. The lowest BCUT2D eigenvalue weighted by Gasteiger charge is -2.28. The largest absolute Gasteiger partial charge is 0.391 e. The minimum atomic E-state index is -0.467. The minimum absolute atomic E-state index is 0.184. The topological polar surface area (TPSA) is 49.3 Å².